The van der Waals surface area contributed by atoms with Gasteiger partial charge in [-0.05, 0) is 49.6 Å². The molecule has 1 aromatic heterocycles. The number of para-hydroxylation sites is 1. The van der Waals surface area contributed by atoms with Gasteiger partial charge in [-0.1, -0.05) is 32.0 Å². The summed E-state index contributed by atoms with van der Waals surface area (Å²) < 4.78 is 18.8. The summed E-state index contributed by atoms with van der Waals surface area (Å²) in [5.41, 5.74) is 8.30. The molecule has 5 atom stereocenters. The van der Waals surface area contributed by atoms with Gasteiger partial charge in [-0.25, -0.2) is 0 Å². The van der Waals surface area contributed by atoms with E-state index in [0.717, 1.165) is 28.9 Å². The predicted molar refractivity (Wildman–Crippen MR) is 105 cm³/mol. The van der Waals surface area contributed by atoms with E-state index in [9.17, 15) is 0 Å². The molecular formula is C20H27BClNO3. The minimum atomic E-state index is -0.295. The lowest BCUT2D eigenvalue weighted by molar-refractivity contribution is -0.199. The molecular weight excluding hydrogens is 348 g/mol. The first-order valence-corrected chi connectivity index (χ1v) is 9.44. The first-order valence-electron chi connectivity index (χ1n) is 9.44. The molecule has 3 aliphatic carbocycles. The largest absolute Gasteiger partial charge is 0.467 e. The number of halogens is 1. The number of hydrogen-bond donors (Lipinski definition) is 1. The normalized spacial score (nSPS) is 35.5. The summed E-state index contributed by atoms with van der Waals surface area (Å²) in [6, 6.07) is 8.09. The van der Waals surface area contributed by atoms with Gasteiger partial charge in [0.2, 0.25) is 0 Å². The molecule has 4 aliphatic rings. The van der Waals surface area contributed by atoms with Crippen LogP contribution in [0.5, 0.6) is 0 Å². The second-order valence-corrected chi connectivity index (χ2v) is 8.87. The lowest BCUT2D eigenvalue weighted by Crippen LogP contribution is -2.65. The Morgan fingerprint density at radius 1 is 1.23 bits per heavy atom. The Balaban J connectivity index is 0.00000168. The third-order valence-electron chi connectivity index (χ3n) is 7.46. The maximum absolute atomic E-state index is 6.62. The average molecular weight is 376 g/mol. The van der Waals surface area contributed by atoms with E-state index in [-0.39, 0.29) is 37.0 Å². The van der Waals surface area contributed by atoms with Crippen LogP contribution in [0.2, 0.25) is 0 Å². The Labute approximate surface area is 161 Å². The number of benzene rings is 1. The maximum atomic E-state index is 6.62. The number of fused-ring (bicyclic) bond motifs is 1. The summed E-state index contributed by atoms with van der Waals surface area (Å²) in [4.78, 5) is 0. The van der Waals surface area contributed by atoms with Crippen molar-refractivity contribution in [2.75, 3.05) is 6.54 Å². The van der Waals surface area contributed by atoms with Crippen molar-refractivity contribution < 1.29 is 13.7 Å². The minimum absolute atomic E-state index is 0. The molecule has 0 radical (unpaired) electrons. The summed E-state index contributed by atoms with van der Waals surface area (Å²) in [5, 5.41) is 1.11. The van der Waals surface area contributed by atoms with Crippen LogP contribution < -0.4 is 5.73 Å². The van der Waals surface area contributed by atoms with Crippen molar-refractivity contribution in [1.29, 1.82) is 0 Å². The van der Waals surface area contributed by atoms with Gasteiger partial charge in [0.25, 0.3) is 0 Å². The molecule has 26 heavy (non-hydrogen) atoms. The smallest absolute Gasteiger partial charge is 0.464 e. The van der Waals surface area contributed by atoms with Gasteiger partial charge in [-0.2, -0.15) is 0 Å². The lowest BCUT2D eigenvalue weighted by Gasteiger charge is -2.64. The van der Waals surface area contributed by atoms with E-state index < -0.39 is 0 Å². The number of hydrogen-bond acceptors (Lipinski definition) is 4. The van der Waals surface area contributed by atoms with Crippen LogP contribution in [0.25, 0.3) is 11.0 Å². The monoisotopic (exact) mass is 375 g/mol. The Bertz CT molecular complexity index is 824. The van der Waals surface area contributed by atoms with Crippen molar-refractivity contribution in [3.63, 3.8) is 0 Å². The first-order chi connectivity index (χ1) is 11.9. The fourth-order valence-corrected chi connectivity index (χ4v) is 5.74. The molecule has 6 rings (SSSR count). The molecule has 140 valence electrons. The Morgan fingerprint density at radius 3 is 2.73 bits per heavy atom. The highest BCUT2D eigenvalue weighted by Crippen LogP contribution is 2.66. The SMILES string of the molecule is CC1(C)[C@@H]2C[C@H]3OB([C@@H](CN)c4coc5ccccc45)O[C@@]3(C)[C@H]1C2.Cl. The van der Waals surface area contributed by atoms with Crippen LogP contribution in [-0.2, 0) is 9.31 Å². The van der Waals surface area contributed by atoms with Crippen LogP contribution in [0.3, 0.4) is 0 Å². The van der Waals surface area contributed by atoms with E-state index in [2.05, 4.69) is 26.8 Å². The van der Waals surface area contributed by atoms with E-state index in [1.54, 1.807) is 0 Å². The highest BCUT2D eigenvalue weighted by Gasteiger charge is 2.68. The summed E-state index contributed by atoms with van der Waals surface area (Å²) in [7, 11) is -0.295. The second-order valence-electron chi connectivity index (χ2n) is 8.87. The zero-order valence-corrected chi connectivity index (χ0v) is 16.4. The van der Waals surface area contributed by atoms with E-state index in [1.807, 2.05) is 24.5 Å². The van der Waals surface area contributed by atoms with Crippen LogP contribution in [0, 0.1) is 17.3 Å². The van der Waals surface area contributed by atoms with E-state index in [0.29, 0.717) is 17.9 Å². The topological polar surface area (TPSA) is 57.6 Å². The van der Waals surface area contributed by atoms with Crippen LogP contribution in [0.4, 0.5) is 0 Å². The highest BCUT2D eigenvalue weighted by molar-refractivity contribution is 6.48. The Kier molecular flexibility index (Phi) is 4.24. The summed E-state index contributed by atoms with van der Waals surface area (Å²) >= 11 is 0. The van der Waals surface area contributed by atoms with Gasteiger partial charge >= 0.3 is 7.12 Å². The Morgan fingerprint density at radius 2 is 2.00 bits per heavy atom. The molecule has 4 nitrogen and oxygen atoms in total. The fourth-order valence-electron chi connectivity index (χ4n) is 5.74. The molecule has 0 spiro atoms. The molecule has 3 saturated carbocycles. The zero-order valence-electron chi connectivity index (χ0n) is 15.6. The van der Waals surface area contributed by atoms with Crippen LogP contribution >= 0.6 is 12.4 Å². The van der Waals surface area contributed by atoms with E-state index in [1.165, 1.54) is 6.42 Å². The quantitative estimate of drug-likeness (QED) is 0.818. The number of nitrogens with two attached hydrogens (primary N) is 1. The molecule has 1 aromatic carbocycles. The van der Waals surface area contributed by atoms with E-state index >= 15 is 0 Å². The van der Waals surface area contributed by atoms with Crippen molar-refractivity contribution in [2.24, 2.45) is 23.0 Å². The Hall–Kier alpha value is -1.01. The summed E-state index contributed by atoms with van der Waals surface area (Å²) in [6.07, 6.45) is 4.36. The maximum Gasteiger partial charge on any atom is 0.467 e. The van der Waals surface area contributed by atoms with Crippen LogP contribution in [0.1, 0.15) is 45.0 Å². The molecule has 0 amide bonds. The number of rotatable bonds is 3. The average Bonchev–Trinajstić information content (AvgIpc) is 3.16. The molecule has 2 N–H and O–H groups in total. The lowest BCUT2D eigenvalue weighted by atomic mass is 9.43. The fraction of sp³-hybridized carbons (Fsp3) is 0.600. The molecule has 4 fully saturated rings. The molecule has 1 aliphatic heterocycles. The van der Waals surface area contributed by atoms with Crippen molar-refractivity contribution in [2.45, 2.75) is 51.1 Å². The molecule has 0 unspecified atom stereocenters. The van der Waals surface area contributed by atoms with Gasteiger partial charge in [0.1, 0.15) is 5.58 Å². The van der Waals surface area contributed by atoms with Crippen molar-refractivity contribution >= 4 is 30.5 Å². The van der Waals surface area contributed by atoms with Gasteiger partial charge in [0, 0.05) is 16.8 Å². The van der Waals surface area contributed by atoms with Crippen molar-refractivity contribution in [3.8, 4) is 0 Å². The molecule has 1 saturated heterocycles. The van der Waals surface area contributed by atoms with E-state index in [4.69, 9.17) is 19.5 Å². The van der Waals surface area contributed by atoms with Gasteiger partial charge in [0.15, 0.2) is 0 Å². The first kappa shape index (κ1) is 18.4. The van der Waals surface area contributed by atoms with Crippen molar-refractivity contribution in [3.05, 3.63) is 36.1 Å². The zero-order chi connectivity index (χ0) is 17.4. The van der Waals surface area contributed by atoms with Crippen LogP contribution in [0.15, 0.2) is 34.9 Å². The minimum Gasteiger partial charge on any atom is -0.464 e. The van der Waals surface area contributed by atoms with Gasteiger partial charge in [-0.3, -0.25) is 0 Å². The third kappa shape index (κ3) is 2.27. The highest BCUT2D eigenvalue weighted by atomic mass is 35.5. The summed E-state index contributed by atoms with van der Waals surface area (Å²) in [5.74, 6) is 1.31. The predicted octanol–water partition coefficient (Wildman–Crippen LogP) is 4.16. The number of furan rings is 1. The standard InChI is InChI=1S/C20H26BNO3.ClH/c1-19(2)12-8-17(19)20(3)18(9-12)24-21(25-20)15(10-22)14-11-23-16-7-5-4-6-13(14)16;/h4-7,11-12,15,17-18H,8-10,22H2,1-3H3;1H/t12-,15-,17-,18+,20-;/m0./s1. The molecule has 2 bridgehead atoms. The molecule has 6 heteroatoms. The van der Waals surface area contributed by atoms with Gasteiger partial charge < -0.3 is 19.5 Å². The van der Waals surface area contributed by atoms with Gasteiger partial charge in [-0.15, -0.1) is 12.4 Å². The third-order valence-corrected chi connectivity index (χ3v) is 7.46. The van der Waals surface area contributed by atoms with Gasteiger partial charge in [0.05, 0.1) is 18.0 Å². The summed E-state index contributed by atoms with van der Waals surface area (Å²) in [6.45, 7) is 7.50. The van der Waals surface area contributed by atoms with Crippen molar-refractivity contribution in [1.82, 2.24) is 0 Å². The molecule has 2 heterocycles. The van der Waals surface area contributed by atoms with Crippen LogP contribution in [-0.4, -0.2) is 25.4 Å². The second kappa shape index (κ2) is 6.00. The molecule has 2 aromatic rings.